The fourth-order valence-electron chi connectivity index (χ4n) is 3.63. The van der Waals surface area contributed by atoms with Gasteiger partial charge in [0.05, 0.1) is 6.54 Å². The summed E-state index contributed by atoms with van der Waals surface area (Å²) >= 11 is 0. The van der Waals surface area contributed by atoms with Gasteiger partial charge in [-0.1, -0.05) is 24.0 Å². The van der Waals surface area contributed by atoms with Crippen LogP contribution in [-0.2, 0) is 6.54 Å². The molecule has 3 heteroatoms. The standard InChI is InChI=1S/C18H25N3/c1-20-17-8-9-18(20)14-21(12-10-17)13-16-6-4-15(5-7-16)3-2-11-19/h4-7,17-18H,8-14,19H2,1H3. The number of nitrogens with zero attached hydrogens (tertiary/aromatic N) is 2. The van der Waals surface area contributed by atoms with Crippen LogP contribution in [0.5, 0.6) is 0 Å². The van der Waals surface area contributed by atoms with E-state index in [9.17, 15) is 0 Å². The van der Waals surface area contributed by atoms with Crippen molar-refractivity contribution in [3.8, 4) is 11.8 Å². The van der Waals surface area contributed by atoms with Gasteiger partial charge in [-0.05, 0) is 44.0 Å². The summed E-state index contributed by atoms with van der Waals surface area (Å²) in [6, 6.07) is 10.2. The molecule has 3 nitrogen and oxygen atoms in total. The van der Waals surface area contributed by atoms with E-state index in [4.69, 9.17) is 5.73 Å². The van der Waals surface area contributed by atoms with Gasteiger partial charge in [0.1, 0.15) is 0 Å². The molecule has 112 valence electrons. The van der Waals surface area contributed by atoms with Crippen molar-refractivity contribution < 1.29 is 0 Å². The van der Waals surface area contributed by atoms with Gasteiger partial charge in [-0.25, -0.2) is 0 Å². The Morgan fingerprint density at radius 3 is 2.67 bits per heavy atom. The molecule has 0 amide bonds. The minimum absolute atomic E-state index is 0.422. The van der Waals surface area contributed by atoms with Gasteiger partial charge in [-0.3, -0.25) is 9.80 Å². The molecule has 0 saturated carbocycles. The van der Waals surface area contributed by atoms with Crippen LogP contribution in [0.15, 0.2) is 24.3 Å². The van der Waals surface area contributed by atoms with Gasteiger partial charge in [0.2, 0.25) is 0 Å². The quantitative estimate of drug-likeness (QED) is 0.838. The highest BCUT2D eigenvalue weighted by molar-refractivity contribution is 5.36. The van der Waals surface area contributed by atoms with Crippen LogP contribution in [0.25, 0.3) is 0 Å². The van der Waals surface area contributed by atoms with Gasteiger partial charge in [0, 0.05) is 37.3 Å². The maximum Gasteiger partial charge on any atom is 0.0555 e. The van der Waals surface area contributed by atoms with E-state index in [1.54, 1.807) is 0 Å². The van der Waals surface area contributed by atoms with E-state index in [-0.39, 0.29) is 0 Å². The van der Waals surface area contributed by atoms with Crippen LogP contribution < -0.4 is 5.73 Å². The van der Waals surface area contributed by atoms with Gasteiger partial charge >= 0.3 is 0 Å². The van der Waals surface area contributed by atoms with E-state index in [1.807, 2.05) is 0 Å². The second-order valence-corrected chi connectivity index (χ2v) is 6.28. The molecule has 2 aliphatic rings. The summed E-state index contributed by atoms with van der Waals surface area (Å²) in [5.41, 5.74) is 7.84. The molecule has 0 aromatic heterocycles. The summed E-state index contributed by atoms with van der Waals surface area (Å²) in [5.74, 6) is 5.98. The molecule has 2 fully saturated rings. The second-order valence-electron chi connectivity index (χ2n) is 6.28. The SMILES string of the molecule is CN1C2CCC1CN(Cc1ccc(C#CCN)cc1)CC2. The number of fused-ring (bicyclic) bond motifs is 2. The van der Waals surface area contributed by atoms with Crippen molar-refractivity contribution in [2.75, 3.05) is 26.7 Å². The third-order valence-electron chi connectivity index (χ3n) is 4.93. The number of likely N-dealkylation sites (tertiary alicyclic amines) is 1. The Bertz CT molecular complexity index is 526. The first-order valence-corrected chi connectivity index (χ1v) is 7.98. The Balaban J connectivity index is 1.61. The zero-order chi connectivity index (χ0) is 14.7. The molecule has 21 heavy (non-hydrogen) atoms. The first-order valence-electron chi connectivity index (χ1n) is 7.98. The van der Waals surface area contributed by atoms with Gasteiger partial charge in [-0.15, -0.1) is 0 Å². The minimum Gasteiger partial charge on any atom is -0.320 e. The van der Waals surface area contributed by atoms with E-state index < -0.39 is 0 Å². The van der Waals surface area contributed by atoms with Crippen molar-refractivity contribution in [1.82, 2.24) is 9.80 Å². The van der Waals surface area contributed by atoms with Crippen LogP contribution in [0.4, 0.5) is 0 Å². The predicted molar refractivity (Wildman–Crippen MR) is 86.8 cm³/mol. The predicted octanol–water partition coefficient (Wildman–Crippen LogP) is 1.67. The Labute approximate surface area is 128 Å². The molecular weight excluding hydrogens is 258 g/mol. The highest BCUT2D eigenvalue weighted by Gasteiger charge is 2.34. The average molecular weight is 283 g/mol. The molecule has 3 rings (SSSR count). The topological polar surface area (TPSA) is 32.5 Å². The fourth-order valence-corrected chi connectivity index (χ4v) is 3.63. The van der Waals surface area contributed by atoms with Crippen LogP contribution in [0.2, 0.25) is 0 Å². The molecule has 2 N–H and O–H groups in total. The third-order valence-corrected chi connectivity index (χ3v) is 4.93. The smallest absolute Gasteiger partial charge is 0.0555 e. The van der Waals surface area contributed by atoms with E-state index in [1.165, 1.54) is 37.9 Å². The Hall–Kier alpha value is -1.34. The molecule has 2 unspecified atom stereocenters. The molecule has 1 aromatic rings. The van der Waals surface area contributed by atoms with E-state index in [0.29, 0.717) is 6.54 Å². The number of hydrogen-bond acceptors (Lipinski definition) is 3. The number of hydrogen-bond donors (Lipinski definition) is 1. The molecule has 2 saturated heterocycles. The van der Waals surface area contributed by atoms with Crippen LogP contribution in [0.1, 0.15) is 30.4 Å². The monoisotopic (exact) mass is 283 g/mol. The second kappa shape index (κ2) is 6.62. The average Bonchev–Trinajstić information content (AvgIpc) is 2.75. The van der Waals surface area contributed by atoms with Crippen molar-refractivity contribution in [3.63, 3.8) is 0 Å². The Morgan fingerprint density at radius 2 is 1.90 bits per heavy atom. The summed E-state index contributed by atoms with van der Waals surface area (Å²) < 4.78 is 0. The lowest BCUT2D eigenvalue weighted by Crippen LogP contribution is -2.36. The van der Waals surface area contributed by atoms with Crippen LogP contribution in [-0.4, -0.2) is 48.6 Å². The Morgan fingerprint density at radius 1 is 1.14 bits per heavy atom. The lowest BCUT2D eigenvalue weighted by atomic mass is 10.1. The summed E-state index contributed by atoms with van der Waals surface area (Å²) in [5, 5.41) is 0. The van der Waals surface area contributed by atoms with Crippen molar-refractivity contribution >= 4 is 0 Å². The summed E-state index contributed by atoms with van der Waals surface area (Å²) in [7, 11) is 2.30. The molecule has 1 aromatic carbocycles. The number of nitrogens with two attached hydrogens (primary N) is 1. The summed E-state index contributed by atoms with van der Waals surface area (Å²) in [6.45, 7) is 3.91. The maximum atomic E-state index is 5.40. The molecule has 0 aliphatic carbocycles. The van der Waals surface area contributed by atoms with Crippen LogP contribution in [0.3, 0.4) is 0 Å². The lowest BCUT2D eigenvalue weighted by Gasteiger charge is -2.25. The molecule has 2 atom stereocenters. The van der Waals surface area contributed by atoms with Crippen LogP contribution >= 0.6 is 0 Å². The molecule has 0 radical (unpaired) electrons. The number of benzene rings is 1. The molecule has 2 bridgehead atoms. The van der Waals surface area contributed by atoms with Crippen molar-refractivity contribution in [1.29, 1.82) is 0 Å². The molecule has 2 heterocycles. The molecular formula is C18H25N3. The highest BCUT2D eigenvalue weighted by atomic mass is 15.3. The molecule has 2 aliphatic heterocycles. The molecule has 0 spiro atoms. The van der Waals surface area contributed by atoms with Gasteiger partial charge in [0.15, 0.2) is 0 Å². The minimum atomic E-state index is 0.422. The summed E-state index contributed by atoms with van der Waals surface area (Å²) in [4.78, 5) is 5.21. The van der Waals surface area contributed by atoms with Crippen molar-refractivity contribution in [3.05, 3.63) is 35.4 Å². The van der Waals surface area contributed by atoms with Crippen LogP contribution in [0, 0.1) is 11.8 Å². The van der Waals surface area contributed by atoms with Gasteiger partial charge < -0.3 is 5.73 Å². The maximum absolute atomic E-state index is 5.40. The van der Waals surface area contributed by atoms with Crippen molar-refractivity contribution in [2.45, 2.75) is 37.9 Å². The zero-order valence-corrected chi connectivity index (χ0v) is 12.9. The largest absolute Gasteiger partial charge is 0.320 e. The zero-order valence-electron chi connectivity index (χ0n) is 12.9. The van der Waals surface area contributed by atoms with E-state index in [0.717, 1.165) is 24.2 Å². The van der Waals surface area contributed by atoms with E-state index >= 15 is 0 Å². The van der Waals surface area contributed by atoms with Crippen molar-refractivity contribution in [2.24, 2.45) is 5.73 Å². The van der Waals surface area contributed by atoms with E-state index in [2.05, 4.69) is 53.0 Å². The lowest BCUT2D eigenvalue weighted by molar-refractivity contribution is 0.214. The van der Waals surface area contributed by atoms with Gasteiger partial charge in [-0.2, -0.15) is 0 Å². The first-order chi connectivity index (χ1) is 10.3. The first kappa shape index (κ1) is 14.6. The summed E-state index contributed by atoms with van der Waals surface area (Å²) in [6.07, 6.45) is 4.07. The number of rotatable bonds is 2. The number of likely N-dealkylation sites (N-methyl/N-ethyl adjacent to an activating group) is 1. The normalized spacial score (nSPS) is 26.2. The Kier molecular flexibility index (Phi) is 4.60. The third kappa shape index (κ3) is 3.47. The van der Waals surface area contributed by atoms with Gasteiger partial charge in [0.25, 0.3) is 0 Å². The fraction of sp³-hybridized carbons (Fsp3) is 0.556. The highest BCUT2D eigenvalue weighted by Crippen LogP contribution is 2.28.